The summed E-state index contributed by atoms with van der Waals surface area (Å²) in [6.07, 6.45) is 5.06. The molecule has 3 rings (SSSR count). The molecule has 6 nitrogen and oxygen atoms in total. The van der Waals surface area contributed by atoms with Crippen molar-refractivity contribution in [2.24, 2.45) is 5.92 Å². The number of aromatic nitrogens is 3. The first-order chi connectivity index (χ1) is 10.7. The quantitative estimate of drug-likeness (QED) is 0.932. The van der Waals surface area contributed by atoms with Crippen LogP contribution in [-0.2, 0) is 0 Å². The molecule has 0 unspecified atom stereocenters. The molecule has 0 bridgehead atoms. The van der Waals surface area contributed by atoms with E-state index in [0.717, 1.165) is 12.8 Å². The Morgan fingerprint density at radius 2 is 2.00 bits per heavy atom. The van der Waals surface area contributed by atoms with Crippen molar-refractivity contribution in [2.45, 2.75) is 25.8 Å². The SMILES string of the molecule is C[C@@H]1CC[C@@H](CO)CN1C(=O)c1ccccc1-n1nccn1. The second-order valence-electron chi connectivity index (χ2n) is 5.77. The minimum Gasteiger partial charge on any atom is -0.396 e. The summed E-state index contributed by atoms with van der Waals surface area (Å²) in [6.45, 7) is 2.77. The maximum absolute atomic E-state index is 13.0. The number of hydrogen-bond donors (Lipinski definition) is 1. The molecule has 1 saturated heterocycles. The van der Waals surface area contributed by atoms with Gasteiger partial charge in [0, 0.05) is 19.2 Å². The molecule has 22 heavy (non-hydrogen) atoms. The molecule has 1 amide bonds. The number of hydrogen-bond acceptors (Lipinski definition) is 4. The second kappa shape index (κ2) is 6.27. The molecule has 1 aromatic heterocycles. The number of carbonyl (C=O) groups is 1. The lowest BCUT2D eigenvalue weighted by molar-refractivity contribution is 0.0488. The van der Waals surface area contributed by atoms with Crippen LogP contribution in [0.5, 0.6) is 0 Å². The van der Waals surface area contributed by atoms with E-state index >= 15 is 0 Å². The van der Waals surface area contributed by atoms with E-state index in [0.29, 0.717) is 17.8 Å². The average molecular weight is 300 g/mol. The third-order valence-electron chi connectivity index (χ3n) is 4.27. The van der Waals surface area contributed by atoms with Crippen LogP contribution in [0.2, 0.25) is 0 Å². The Hall–Kier alpha value is -2.21. The van der Waals surface area contributed by atoms with Crippen molar-refractivity contribution in [3.63, 3.8) is 0 Å². The molecule has 116 valence electrons. The highest BCUT2D eigenvalue weighted by Crippen LogP contribution is 2.25. The minimum absolute atomic E-state index is 0.0291. The summed E-state index contributed by atoms with van der Waals surface area (Å²) in [5.74, 6) is 0.133. The molecular formula is C16H20N4O2. The molecule has 6 heteroatoms. The van der Waals surface area contributed by atoms with Crippen molar-refractivity contribution in [2.75, 3.05) is 13.2 Å². The van der Waals surface area contributed by atoms with E-state index in [9.17, 15) is 9.90 Å². The number of rotatable bonds is 3. The standard InChI is InChI=1S/C16H20N4O2/c1-12-6-7-13(11-21)10-19(12)16(22)14-4-2-3-5-15(14)20-17-8-9-18-20/h2-5,8-9,12-13,21H,6-7,10-11H2,1H3/t12-,13-/m1/s1. The van der Waals surface area contributed by atoms with Crippen LogP contribution in [0.4, 0.5) is 0 Å². The summed E-state index contributed by atoms with van der Waals surface area (Å²) in [6, 6.07) is 7.53. The normalized spacial score (nSPS) is 21.8. The van der Waals surface area contributed by atoms with Gasteiger partial charge < -0.3 is 10.0 Å². The topological polar surface area (TPSA) is 71.2 Å². The Labute approximate surface area is 129 Å². The monoisotopic (exact) mass is 300 g/mol. The molecule has 2 heterocycles. The summed E-state index contributed by atoms with van der Waals surface area (Å²) in [5, 5.41) is 17.6. The molecule has 1 fully saturated rings. The maximum atomic E-state index is 13.0. The highest BCUT2D eigenvalue weighted by Gasteiger charge is 2.30. The van der Waals surface area contributed by atoms with Crippen molar-refractivity contribution >= 4 is 5.91 Å². The highest BCUT2D eigenvalue weighted by atomic mass is 16.3. The van der Waals surface area contributed by atoms with Crippen LogP contribution in [0, 0.1) is 5.92 Å². The molecule has 2 atom stereocenters. The van der Waals surface area contributed by atoms with E-state index < -0.39 is 0 Å². The van der Waals surface area contributed by atoms with Crippen LogP contribution in [0.1, 0.15) is 30.1 Å². The van der Waals surface area contributed by atoms with Crippen LogP contribution in [0.15, 0.2) is 36.7 Å². The minimum atomic E-state index is -0.0291. The molecule has 1 aliphatic rings. The van der Waals surface area contributed by atoms with Crippen molar-refractivity contribution in [3.05, 3.63) is 42.2 Å². The van der Waals surface area contributed by atoms with Gasteiger partial charge in [-0.2, -0.15) is 15.0 Å². The summed E-state index contributed by atoms with van der Waals surface area (Å²) in [4.78, 5) is 16.3. The van der Waals surface area contributed by atoms with E-state index in [2.05, 4.69) is 17.1 Å². The summed E-state index contributed by atoms with van der Waals surface area (Å²) < 4.78 is 0. The number of piperidine rings is 1. The molecule has 0 saturated carbocycles. The van der Waals surface area contributed by atoms with Gasteiger partial charge in [-0.05, 0) is 37.8 Å². The van der Waals surface area contributed by atoms with Crippen LogP contribution in [0.3, 0.4) is 0 Å². The lowest BCUT2D eigenvalue weighted by Crippen LogP contribution is -2.46. The first-order valence-corrected chi connectivity index (χ1v) is 7.58. The van der Waals surface area contributed by atoms with Gasteiger partial charge in [-0.25, -0.2) is 0 Å². The number of para-hydroxylation sites is 1. The fourth-order valence-corrected chi connectivity index (χ4v) is 2.94. The van der Waals surface area contributed by atoms with Gasteiger partial charge in [0.1, 0.15) is 0 Å². The van der Waals surface area contributed by atoms with Crippen LogP contribution in [0.25, 0.3) is 5.69 Å². The van der Waals surface area contributed by atoms with E-state index in [1.807, 2.05) is 23.1 Å². The molecule has 1 N–H and O–H groups in total. The summed E-state index contributed by atoms with van der Waals surface area (Å²) in [7, 11) is 0. The van der Waals surface area contributed by atoms with E-state index in [1.165, 1.54) is 4.80 Å². The molecule has 1 aliphatic heterocycles. The van der Waals surface area contributed by atoms with Gasteiger partial charge in [0.05, 0.1) is 23.6 Å². The third-order valence-corrected chi connectivity index (χ3v) is 4.27. The van der Waals surface area contributed by atoms with Gasteiger partial charge in [-0.3, -0.25) is 4.79 Å². The maximum Gasteiger partial charge on any atom is 0.256 e. The Bertz CT molecular complexity index is 641. The van der Waals surface area contributed by atoms with E-state index in [1.54, 1.807) is 18.5 Å². The smallest absolute Gasteiger partial charge is 0.256 e. The van der Waals surface area contributed by atoms with Gasteiger partial charge >= 0.3 is 0 Å². The van der Waals surface area contributed by atoms with Gasteiger partial charge in [0.25, 0.3) is 5.91 Å². The predicted molar refractivity (Wildman–Crippen MR) is 81.7 cm³/mol. The van der Waals surface area contributed by atoms with Gasteiger partial charge in [-0.15, -0.1) is 0 Å². The largest absolute Gasteiger partial charge is 0.396 e. The lowest BCUT2D eigenvalue weighted by atomic mass is 9.93. The fraction of sp³-hybridized carbons (Fsp3) is 0.438. The molecule has 2 aromatic rings. The van der Waals surface area contributed by atoms with Gasteiger partial charge in [-0.1, -0.05) is 12.1 Å². The Kier molecular flexibility index (Phi) is 4.20. The van der Waals surface area contributed by atoms with Gasteiger partial charge in [0.2, 0.25) is 0 Å². The van der Waals surface area contributed by atoms with Crippen LogP contribution >= 0.6 is 0 Å². The Morgan fingerprint density at radius 3 is 2.73 bits per heavy atom. The van der Waals surface area contributed by atoms with Crippen LogP contribution < -0.4 is 0 Å². The zero-order valence-corrected chi connectivity index (χ0v) is 12.6. The fourth-order valence-electron chi connectivity index (χ4n) is 2.94. The van der Waals surface area contributed by atoms with Crippen molar-refractivity contribution in [3.8, 4) is 5.69 Å². The van der Waals surface area contributed by atoms with E-state index in [-0.39, 0.29) is 24.5 Å². The number of nitrogens with zero attached hydrogens (tertiary/aromatic N) is 4. The Morgan fingerprint density at radius 1 is 1.27 bits per heavy atom. The summed E-state index contributed by atoms with van der Waals surface area (Å²) in [5.41, 5.74) is 1.26. The van der Waals surface area contributed by atoms with E-state index in [4.69, 9.17) is 0 Å². The lowest BCUT2D eigenvalue weighted by Gasteiger charge is -2.37. The molecular weight excluding hydrogens is 280 g/mol. The average Bonchev–Trinajstić information content (AvgIpc) is 3.09. The number of amides is 1. The number of benzene rings is 1. The summed E-state index contributed by atoms with van der Waals surface area (Å²) >= 11 is 0. The number of aliphatic hydroxyl groups is 1. The first-order valence-electron chi connectivity index (χ1n) is 7.58. The number of aliphatic hydroxyl groups excluding tert-OH is 1. The highest BCUT2D eigenvalue weighted by molar-refractivity contribution is 5.98. The zero-order chi connectivity index (χ0) is 15.5. The van der Waals surface area contributed by atoms with Crippen LogP contribution in [-0.4, -0.2) is 50.1 Å². The van der Waals surface area contributed by atoms with Crippen molar-refractivity contribution in [1.82, 2.24) is 19.9 Å². The second-order valence-corrected chi connectivity index (χ2v) is 5.77. The molecule has 0 spiro atoms. The predicted octanol–water partition coefficient (Wildman–Crippen LogP) is 1.50. The number of likely N-dealkylation sites (tertiary alicyclic amines) is 1. The molecule has 1 aromatic carbocycles. The third kappa shape index (κ3) is 2.74. The van der Waals surface area contributed by atoms with Crippen molar-refractivity contribution < 1.29 is 9.90 Å². The van der Waals surface area contributed by atoms with Gasteiger partial charge in [0.15, 0.2) is 0 Å². The Balaban J connectivity index is 1.92. The molecule has 0 radical (unpaired) electrons. The van der Waals surface area contributed by atoms with Crippen molar-refractivity contribution in [1.29, 1.82) is 0 Å². The first kappa shape index (κ1) is 14.7. The number of carbonyl (C=O) groups excluding carboxylic acids is 1. The molecule has 0 aliphatic carbocycles. The zero-order valence-electron chi connectivity index (χ0n) is 12.6.